The summed E-state index contributed by atoms with van der Waals surface area (Å²) in [6.45, 7) is 8.41. The fourth-order valence-corrected chi connectivity index (χ4v) is 5.62. The summed E-state index contributed by atoms with van der Waals surface area (Å²) in [6, 6.07) is -0.136. The van der Waals surface area contributed by atoms with E-state index in [9.17, 15) is 72.6 Å². The van der Waals surface area contributed by atoms with Gasteiger partial charge in [-0.15, -0.1) is 0 Å². The molecule has 2 aliphatic carbocycles. The summed E-state index contributed by atoms with van der Waals surface area (Å²) >= 11 is 0. The van der Waals surface area contributed by atoms with Crippen molar-refractivity contribution < 1.29 is 81.6 Å². The molecule has 2 fully saturated rings. The summed E-state index contributed by atoms with van der Waals surface area (Å²) < 4.78 is 187. The molecule has 1 N–H and O–H groups in total. The van der Waals surface area contributed by atoms with E-state index < -0.39 is 125 Å². The first-order valence-corrected chi connectivity index (χ1v) is 13.1. The number of nitriles is 1. The zero-order valence-electron chi connectivity index (χ0n) is 24.0. The zero-order valence-corrected chi connectivity index (χ0v) is 24.0. The van der Waals surface area contributed by atoms with E-state index >= 15 is 0 Å². The number of fused-ring (bicyclic) bond motifs is 2. The van der Waals surface area contributed by atoms with Gasteiger partial charge >= 0.3 is 36.6 Å². The number of hydrogen-bond donors (Lipinski definition) is 1. The normalized spacial score (nSPS) is 23.7. The highest BCUT2D eigenvalue weighted by molar-refractivity contribution is 5.89. The summed E-state index contributed by atoms with van der Waals surface area (Å²) in [6.07, 6.45) is -30.8. The fraction of sp³-hybridized carbons (Fsp3) is 0.536. The van der Waals surface area contributed by atoms with Gasteiger partial charge in [-0.25, -0.2) is 9.59 Å². The molecule has 0 amide bonds. The average Bonchev–Trinajstić information content (AvgIpc) is 3.42. The lowest BCUT2D eigenvalue weighted by Crippen LogP contribution is -2.61. The van der Waals surface area contributed by atoms with Crippen molar-refractivity contribution in [1.29, 1.82) is 5.26 Å². The van der Waals surface area contributed by atoms with Gasteiger partial charge < -0.3 is 19.3 Å². The van der Waals surface area contributed by atoms with E-state index in [1.54, 1.807) is 0 Å². The van der Waals surface area contributed by atoms with Crippen LogP contribution >= 0.6 is 0 Å². The van der Waals surface area contributed by atoms with Gasteiger partial charge in [-0.1, -0.05) is 13.2 Å². The number of alkyl halides is 12. The van der Waals surface area contributed by atoms with Crippen molar-refractivity contribution in [3.8, 4) is 11.8 Å². The van der Waals surface area contributed by atoms with Crippen molar-refractivity contribution in [3.63, 3.8) is 0 Å². The standard InChI is InChI=1S/C28H23F12NO6/c1-12(2)20(42)45-18-7-15(23(44,25(29,30)31)26(32,33)34)6-16(8-18)24(27(35,36)37,28(38,39)40)47-22-9-14(5-17(22)11-41)19(10-22)46-21(43)13(3)4/h6-8,14,17,19,44H,1,3,5,9-10H2,2,4H3. The van der Waals surface area contributed by atoms with Gasteiger partial charge in [0.25, 0.3) is 11.2 Å². The zero-order chi connectivity index (χ0) is 36.3. The summed E-state index contributed by atoms with van der Waals surface area (Å²) in [4.78, 5) is 24.1. The van der Waals surface area contributed by atoms with Gasteiger partial charge in [-0.05, 0) is 44.9 Å². The van der Waals surface area contributed by atoms with Crippen molar-refractivity contribution in [3.05, 3.63) is 53.6 Å². The first kappa shape index (κ1) is 37.7. The maximum absolute atomic E-state index is 14.9. The highest BCUT2D eigenvalue weighted by Crippen LogP contribution is 2.63. The minimum Gasteiger partial charge on any atom is -0.459 e. The number of aliphatic hydroxyl groups is 1. The molecule has 47 heavy (non-hydrogen) atoms. The molecule has 2 saturated carbocycles. The minimum atomic E-state index is -6.81. The molecule has 1 aromatic carbocycles. The lowest BCUT2D eigenvalue weighted by molar-refractivity contribution is -0.414. The first-order valence-electron chi connectivity index (χ1n) is 13.1. The summed E-state index contributed by atoms with van der Waals surface area (Å²) in [5, 5.41) is 19.6. The SMILES string of the molecule is C=C(C)C(=O)Oc1cc(C(O)(C(F)(F)F)C(F)(F)F)cc(C(OC23CC(CC2C#N)C(OC(=O)C(=C)C)C3)(C(F)(F)F)C(F)(F)F)c1. The molecule has 0 spiro atoms. The molecule has 7 nitrogen and oxygen atoms in total. The van der Waals surface area contributed by atoms with Crippen molar-refractivity contribution in [2.45, 2.75) is 80.7 Å². The highest BCUT2D eigenvalue weighted by Gasteiger charge is 2.78. The Morgan fingerprint density at radius 3 is 1.74 bits per heavy atom. The van der Waals surface area contributed by atoms with Crippen LogP contribution in [0.25, 0.3) is 0 Å². The summed E-state index contributed by atoms with van der Waals surface area (Å²) in [7, 11) is 0. The van der Waals surface area contributed by atoms with Crippen LogP contribution in [0.4, 0.5) is 52.7 Å². The molecule has 4 unspecified atom stereocenters. The van der Waals surface area contributed by atoms with Crippen LogP contribution in [-0.4, -0.2) is 53.5 Å². The second-order valence-corrected chi connectivity index (χ2v) is 11.3. The van der Waals surface area contributed by atoms with E-state index in [-0.39, 0.29) is 11.6 Å². The third kappa shape index (κ3) is 6.28. The van der Waals surface area contributed by atoms with Crippen molar-refractivity contribution in [2.75, 3.05) is 0 Å². The van der Waals surface area contributed by atoms with E-state index in [1.165, 1.54) is 13.0 Å². The van der Waals surface area contributed by atoms with Crippen LogP contribution < -0.4 is 4.74 Å². The van der Waals surface area contributed by atoms with Crippen LogP contribution in [0.3, 0.4) is 0 Å². The maximum atomic E-state index is 14.9. The van der Waals surface area contributed by atoms with E-state index in [1.807, 2.05) is 0 Å². The van der Waals surface area contributed by atoms with E-state index in [0.717, 1.165) is 6.92 Å². The second kappa shape index (κ2) is 11.7. The third-order valence-electron chi connectivity index (χ3n) is 7.88. The van der Waals surface area contributed by atoms with Crippen LogP contribution in [0.15, 0.2) is 42.5 Å². The average molecular weight is 697 g/mol. The Balaban J connectivity index is 2.42. The molecule has 0 aromatic heterocycles. The molecule has 0 saturated heterocycles. The lowest BCUT2D eigenvalue weighted by Gasteiger charge is -2.45. The summed E-state index contributed by atoms with van der Waals surface area (Å²) in [5.41, 5.74) is -20.8. The van der Waals surface area contributed by atoms with Gasteiger partial charge in [0.05, 0.1) is 17.6 Å². The number of hydrogen-bond acceptors (Lipinski definition) is 7. The van der Waals surface area contributed by atoms with Gasteiger partial charge in [-0.3, -0.25) is 0 Å². The molecular formula is C28H23F12NO6. The number of nitrogens with zero attached hydrogens (tertiary/aromatic N) is 1. The van der Waals surface area contributed by atoms with Crippen LogP contribution in [0.1, 0.15) is 44.2 Å². The lowest BCUT2D eigenvalue weighted by atomic mass is 9.81. The van der Waals surface area contributed by atoms with Crippen LogP contribution in [0.5, 0.6) is 5.75 Å². The molecular weight excluding hydrogens is 674 g/mol. The topological polar surface area (TPSA) is 106 Å². The Kier molecular flexibility index (Phi) is 9.39. The molecule has 260 valence electrons. The van der Waals surface area contributed by atoms with Crippen LogP contribution in [-0.2, 0) is 30.3 Å². The van der Waals surface area contributed by atoms with Crippen LogP contribution in [0.2, 0.25) is 0 Å². The van der Waals surface area contributed by atoms with Gasteiger partial charge in [0.1, 0.15) is 11.9 Å². The second-order valence-electron chi connectivity index (χ2n) is 11.3. The smallest absolute Gasteiger partial charge is 0.430 e. The number of esters is 2. The van der Waals surface area contributed by atoms with Crippen molar-refractivity contribution in [1.82, 2.24) is 0 Å². The van der Waals surface area contributed by atoms with Gasteiger partial charge in [0, 0.05) is 34.6 Å². The molecule has 2 bridgehead atoms. The Hall–Kier alpha value is -3.79. The largest absolute Gasteiger partial charge is 0.459 e. The molecule has 0 radical (unpaired) electrons. The first-order chi connectivity index (χ1) is 21.1. The molecule has 3 rings (SSSR count). The van der Waals surface area contributed by atoms with Crippen molar-refractivity contribution in [2.24, 2.45) is 11.8 Å². The summed E-state index contributed by atoms with van der Waals surface area (Å²) in [5.74, 6) is -7.35. The Labute approximate surface area is 257 Å². The number of ether oxygens (including phenoxy) is 3. The molecule has 2 aliphatic rings. The molecule has 0 heterocycles. The van der Waals surface area contributed by atoms with Gasteiger partial charge in [0.2, 0.25) is 0 Å². The maximum Gasteiger partial charge on any atom is 0.430 e. The predicted molar refractivity (Wildman–Crippen MR) is 132 cm³/mol. The third-order valence-corrected chi connectivity index (χ3v) is 7.88. The number of halogens is 12. The van der Waals surface area contributed by atoms with E-state index in [2.05, 4.69) is 17.9 Å². The molecule has 1 aromatic rings. The Morgan fingerprint density at radius 1 is 0.830 bits per heavy atom. The Morgan fingerprint density at radius 2 is 1.32 bits per heavy atom. The number of benzene rings is 1. The quantitative estimate of drug-likeness (QED) is 0.135. The van der Waals surface area contributed by atoms with Gasteiger partial charge in [0.15, 0.2) is 0 Å². The number of rotatable bonds is 8. The highest BCUT2D eigenvalue weighted by atomic mass is 19.4. The molecule has 4 atom stereocenters. The number of carbonyl (C=O) groups excluding carboxylic acids is 2. The molecule has 19 heteroatoms. The minimum absolute atomic E-state index is 0.213. The van der Waals surface area contributed by atoms with Gasteiger partial charge in [-0.2, -0.15) is 57.9 Å². The predicted octanol–water partition coefficient (Wildman–Crippen LogP) is 7.00. The fourth-order valence-electron chi connectivity index (χ4n) is 5.62. The van der Waals surface area contributed by atoms with E-state index in [4.69, 9.17) is 9.47 Å². The Bertz CT molecular complexity index is 1480. The van der Waals surface area contributed by atoms with Crippen molar-refractivity contribution >= 4 is 11.9 Å². The molecule has 0 aliphatic heterocycles. The van der Waals surface area contributed by atoms with Crippen LogP contribution in [0, 0.1) is 23.2 Å². The monoisotopic (exact) mass is 697 g/mol. The van der Waals surface area contributed by atoms with E-state index in [0.29, 0.717) is 0 Å². The number of carbonyl (C=O) groups is 2.